The molecule has 1 aromatic carbocycles. The number of carbonyl (C=O) groups is 1. The Kier molecular flexibility index (Phi) is 4.50. The molecule has 0 aliphatic carbocycles. The van der Waals surface area contributed by atoms with Gasteiger partial charge in [-0.2, -0.15) is 0 Å². The third-order valence-corrected chi connectivity index (χ3v) is 2.65. The molecule has 0 aliphatic rings. The molecule has 0 unspecified atom stereocenters. The van der Waals surface area contributed by atoms with Gasteiger partial charge < -0.3 is 9.15 Å². The largest absolute Gasteiger partial charge is 0.462 e. The van der Waals surface area contributed by atoms with Gasteiger partial charge in [0.1, 0.15) is 18.1 Å². The molecule has 0 amide bonds. The quantitative estimate of drug-likeness (QED) is 0.365. The molecule has 1 heterocycles. The van der Waals surface area contributed by atoms with Crippen molar-refractivity contribution in [2.24, 2.45) is 0 Å². The van der Waals surface area contributed by atoms with Crippen molar-refractivity contribution in [2.45, 2.75) is 13.5 Å². The molecule has 0 saturated carbocycles. The highest BCUT2D eigenvalue weighted by atomic mass is 16.6. The first-order valence-corrected chi connectivity index (χ1v) is 6.19. The second-order valence-electron chi connectivity index (χ2n) is 4.32. The Morgan fingerprint density at radius 1 is 1.38 bits per heavy atom. The van der Waals surface area contributed by atoms with Crippen LogP contribution in [0.25, 0.3) is 6.08 Å². The molecule has 2 aromatic rings. The van der Waals surface area contributed by atoms with E-state index in [-0.39, 0.29) is 12.3 Å². The van der Waals surface area contributed by atoms with Crippen molar-refractivity contribution in [1.82, 2.24) is 0 Å². The molecule has 0 atom stereocenters. The number of aryl methyl sites for hydroxylation is 1. The van der Waals surface area contributed by atoms with E-state index in [2.05, 4.69) is 0 Å². The SMILES string of the molecule is Cc1ccc(C=CC(=O)OCc2cccc([N+](=O)[O-])c2)o1. The summed E-state index contributed by atoms with van der Waals surface area (Å²) in [5.41, 5.74) is 0.518. The minimum absolute atomic E-state index is 0.0258. The molecular weight excluding hydrogens is 274 g/mol. The number of non-ortho nitro benzene ring substituents is 1. The van der Waals surface area contributed by atoms with E-state index in [0.717, 1.165) is 5.76 Å². The predicted molar refractivity (Wildman–Crippen MR) is 75.4 cm³/mol. The van der Waals surface area contributed by atoms with E-state index >= 15 is 0 Å². The van der Waals surface area contributed by atoms with Crippen molar-refractivity contribution in [2.75, 3.05) is 0 Å². The maximum atomic E-state index is 11.5. The first-order valence-electron chi connectivity index (χ1n) is 6.19. The van der Waals surface area contributed by atoms with Crippen LogP contribution >= 0.6 is 0 Å². The normalized spacial score (nSPS) is 10.7. The van der Waals surface area contributed by atoms with Gasteiger partial charge in [0.05, 0.1) is 4.92 Å². The van der Waals surface area contributed by atoms with E-state index < -0.39 is 10.9 Å². The van der Waals surface area contributed by atoms with E-state index in [0.29, 0.717) is 11.3 Å². The van der Waals surface area contributed by atoms with Crippen LogP contribution in [0.2, 0.25) is 0 Å². The summed E-state index contributed by atoms with van der Waals surface area (Å²) in [5, 5.41) is 10.6. The van der Waals surface area contributed by atoms with E-state index in [1.165, 1.54) is 24.3 Å². The van der Waals surface area contributed by atoms with Crippen LogP contribution in [0.1, 0.15) is 17.1 Å². The van der Waals surface area contributed by atoms with Gasteiger partial charge in [0, 0.05) is 18.2 Å². The fourth-order valence-corrected chi connectivity index (χ4v) is 1.66. The minimum atomic E-state index is -0.546. The second-order valence-corrected chi connectivity index (χ2v) is 4.32. The Morgan fingerprint density at radius 3 is 2.86 bits per heavy atom. The van der Waals surface area contributed by atoms with Gasteiger partial charge in [0.25, 0.3) is 5.69 Å². The van der Waals surface area contributed by atoms with Gasteiger partial charge in [-0.3, -0.25) is 10.1 Å². The number of carbonyl (C=O) groups excluding carboxylic acids is 1. The summed E-state index contributed by atoms with van der Waals surface area (Å²) in [6.07, 6.45) is 2.75. The van der Waals surface area contributed by atoms with Crippen molar-refractivity contribution < 1.29 is 18.9 Å². The summed E-state index contributed by atoms with van der Waals surface area (Å²) in [5.74, 6) is 0.759. The Balaban J connectivity index is 1.90. The molecule has 0 fully saturated rings. The monoisotopic (exact) mass is 287 g/mol. The standard InChI is InChI=1S/C15H13NO5/c1-11-5-6-14(21-11)7-8-15(17)20-10-12-3-2-4-13(9-12)16(18)19/h2-9H,10H2,1H3. The van der Waals surface area contributed by atoms with Crippen LogP contribution in [0.4, 0.5) is 5.69 Å². The van der Waals surface area contributed by atoms with E-state index in [4.69, 9.17) is 9.15 Å². The maximum absolute atomic E-state index is 11.5. The van der Waals surface area contributed by atoms with E-state index in [1.54, 1.807) is 31.2 Å². The summed E-state index contributed by atoms with van der Waals surface area (Å²) in [6.45, 7) is 1.78. The fourth-order valence-electron chi connectivity index (χ4n) is 1.66. The third kappa shape index (κ3) is 4.31. The summed E-state index contributed by atoms with van der Waals surface area (Å²) >= 11 is 0. The minimum Gasteiger partial charge on any atom is -0.462 e. The van der Waals surface area contributed by atoms with Gasteiger partial charge in [0.15, 0.2) is 0 Å². The highest BCUT2D eigenvalue weighted by molar-refractivity contribution is 5.86. The number of esters is 1. The maximum Gasteiger partial charge on any atom is 0.331 e. The van der Waals surface area contributed by atoms with Gasteiger partial charge in [-0.15, -0.1) is 0 Å². The Bertz CT molecular complexity index is 687. The predicted octanol–water partition coefficient (Wildman–Crippen LogP) is 3.25. The molecule has 108 valence electrons. The Hall–Kier alpha value is -2.89. The highest BCUT2D eigenvalue weighted by Crippen LogP contribution is 2.14. The molecule has 6 nitrogen and oxygen atoms in total. The summed E-state index contributed by atoms with van der Waals surface area (Å²) in [6, 6.07) is 9.47. The molecule has 2 rings (SSSR count). The zero-order valence-corrected chi connectivity index (χ0v) is 11.3. The lowest BCUT2D eigenvalue weighted by Gasteiger charge is -2.01. The number of nitrogens with zero attached hydrogens (tertiary/aromatic N) is 1. The lowest BCUT2D eigenvalue weighted by Crippen LogP contribution is -2.01. The van der Waals surface area contributed by atoms with Crippen molar-refractivity contribution in [3.05, 3.63) is 69.7 Å². The van der Waals surface area contributed by atoms with Gasteiger partial charge in [-0.1, -0.05) is 12.1 Å². The van der Waals surface area contributed by atoms with Crippen molar-refractivity contribution in [3.63, 3.8) is 0 Å². The molecule has 0 saturated heterocycles. The molecule has 0 spiro atoms. The summed E-state index contributed by atoms with van der Waals surface area (Å²) < 4.78 is 10.3. The number of nitro groups is 1. The van der Waals surface area contributed by atoms with Gasteiger partial charge in [0.2, 0.25) is 0 Å². The average molecular weight is 287 g/mol. The smallest absolute Gasteiger partial charge is 0.331 e. The Labute approximate surface area is 120 Å². The van der Waals surface area contributed by atoms with Crippen LogP contribution in [0.5, 0.6) is 0 Å². The molecular formula is C15H13NO5. The summed E-state index contributed by atoms with van der Waals surface area (Å²) in [7, 11) is 0. The average Bonchev–Trinajstić information content (AvgIpc) is 2.89. The number of furan rings is 1. The molecule has 0 radical (unpaired) electrons. The molecule has 21 heavy (non-hydrogen) atoms. The molecule has 0 bridgehead atoms. The first kappa shape index (κ1) is 14.5. The molecule has 1 aromatic heterocycles. The first-order chi connectivity index (χ1) is 10.0. The van der Waals surface area contributed by atoms with Gasteiger partial charge in [-0.05, 0) is 30.7 Å². The van der Waals surface area contributed by atoms with Crippen LogP contribution in [-0.4, -0.2) is 10.9 Å². The number of benzene rings is 1. The highest BCUT2D eigenvalue weighted by Gasteiger charge is 2.06. The molecule has 0 aliphatic heterocycles. The van der Waals surface area contributed by atoms with Crippen LogP contribution < -0.4 is 0 Å². The lowest BCUT2D eigenvalue weighted by molar-refractivity contribution is -0.384. The number of hydrogen-bond donors (Lipinski definition) is 0. The van der Waals surface area contributed by atoms with E-state index in [9.17, 15) is 14.9 Å². The van der Waals surface area contributed by atoms with Crippen LogP contribution in [-0.2, 0) is 16.1 Å². The number of hydrogen-bond acceptors (Lipinski definition) is 5. The van der Waals surface area contributed by atoms with Crippen LogP contribution in [0.15, 0.2) is 46.9 Å². The number of nitro benzene ring substituents is 1. The molecule has 0 N–H and O–H groups in total. The van der Waals surface area contributed by atoms with Gasteiger partial charge in [-0.25, -0.2) is 4.79 Å². The Morgan fingerprint density at radius 2 is 2.19 bits per heavy atom. The van der Waals surface area contributed by atoms with Crippen molar-refractivity contribution in [3.8, 4) is 0 Å². The van der Waals surface area contributed by atoms with Gasteiger partial charge >= 0.3 is 5.97 Å². The number of ether oxygens (including phenoxy) is 1. The van der Waals surface area contributed by atoms with Crippen LogP contribution in [0, 0.1) is 17.0 Å². The fraction of sp³-hybridized carbons (Fsp3) is 0.133. The summed E-state index contributed by atoms with van der Waals surface area (Å²) in [4.78, 5) is 21.7. The van der Waals surface area contributed by atoms with Crippen LogP contribution in [0.3, 0.4) is 0 Å². The topological polar surface area (TPSA) is 82.6 Å². The zero-order chi connectivity index (χ0) is 15.2. The third-order valence-electron chi connectivity index (χ3n) is 2.65. The second kappa shape index (κ2) is 6.51. The van der Waals surface area contributed by atoms with E-state index in [1.807, 2.05) is 0 Å². The zero-order valence-electron chi connectivity index (χ0n) is 11.3. The molecule has 6 heteroatoms. The lowest BCUT2D eigenvalue weighted by atomic mass is 10.2. The van der Waals surface area contributed by atoms with Crippen molar-refractivity contribution >= 4 is 17.7 Å². The number of rotatable bonds is 5. The van der Waals surface area contributed by atoms with Crippen molar-refractivity contribution in [1.29, 1.82) is 0 Å².